The van der Waals surface area contributed by atoms with Gasteiger partial charge in [-0.05, 0) is 77.1 Å². The molecule has 2 amide bonds. The summed E-state index contributed by atoms with van der Waals surface area (Å²) in [7, 11) is 5.79. The Hall–Kier alpha value is -5.99. The number of aliphatic carboxylic acids is 2. The third-order valence-corrected chi connectivity index (χ3v) is 13.7. The summed E-state index contributed by atoms with van der Waals surface area (Å²) in [6.45, 7) is 17.1. The summed E-state index contributed by atoms with van der Waals surface area (Å²) in [6.07, 6.45) is 0.216. The number of likely N-dealkylation sites (N-methyl/N-ethyl adjacent to an activating group) is 2. The van der Waals surface area contributed by atoms with Crippen molar-refractivity contribution in [2.75, 3.05) is 28.2 Å². The lowest BCUT2D eigenvalue weighted by molar-refractivity contribution is -0.165. The van der Waals surface area contributed by atoms with Gasteiger partial charge in [0.2, 0.25) is 11.8 Å². The van der Waals surface area contributed by atoms with Crippen LogP contribution >= 0.6 is 0 Å². The van der Waals surface area contributed by atoms with Gasteiger partial charge in [-0.1, -0.05) is 71.8 Å². The van der Waals surface area contributed by atoms with E-state index in [0.29, 0.717) is 12.8 Å². The number of benzene rings is 2. The fourth-order valence-corrected chi connectivity index (χ4v) is 10.4. The molecule has 0 aliphatic heterocycles. The van der Waals surface area contributed by atoms with Crippen molar-refractivity contribution in [3.8, 4) is 22.5 Å². The van der Waals surface area contributed by atoms with Gasteiger partial charge in [0.25, 0.3) is 0 Å². The highest BCUT2D eigenvalue weighted by molar-refractivity contribution is 6.63. The first-order valence-electron chi connectivity index (χ1n) is 20.5. The lowest BCUT2D eigenvalue weighted by atomic mass is 10.1. The summed E-state index contributed by atoms with van der Waals surface area (Å²) in [6, 6.07) is 24.6. The Morgan fingerprint density at radius 2 is 0.857 bits per heavy atom. The van der Waals surface area contributed by atoms with Crippen molar-refractivity contribution in [2.24, 2.45) is 0 Å². The number of carboxylic acid groups (broad SMARTS) is 2. The highest BCUT2D eigenvalue weighted by Crippen LogP contribution is 2.27. The lowest BCUT2D eigenvalue weighted by Gasteiger charge is -2.11. The van der Waals surface area contributed by atoms with E-state index in [-0.39, 0.29) is 11.8 Å². The van der Waals surface area contributed by atoms with Crippen LogP contribution in [0.15, 0.2) is 85.2 Å². The summed E-state index contributed by atoms with van der Waals surface area (Å²) in [5.41, 5.74) is 12.2. The average Bonchev–Trinajstić information content (AvgIpc) is 3.74. The molecule has 4 N–H and O–H groups in total. The van der Waals surface area contributed by atoms with Crippen LogP contribution in [-0.4, -0.2) is 131 Å². The van der Waals surface area contributed by atoms with Crippen molar-refractivity contribution in [2.45, 2.75) is 78.9 Å². The van der Waals surface area contributed by atoms with Crippen molar-refractivity contribution in [3.05, 3.63) is 119 Å². The number of hydrogen-bond donors (Lipinski definition) is 4. The van der Waals surface area contributed by atoms with Gasteiger partial charge in [-0.2, -0.15) is 0 Å². The predicted molar refractivity (Wildman–Crippen MR) is 251 cm³/mol. The topological polar surface area (TPSA) is 200 Å². The standard InChI is InChI=1S/2C19H21N3O.C4H6O6.C4H14OSi2/c2*1-13-5-8-15(9-6-13)19-16(11-18(23)21(3)4)22-12-14(2)7-10-17(22)20-19;5-1(3(7)8)2(6)4(9)10;1-6(2)5-7(3)4/h2*5-10,12H,11H2,1-4H3;1-2,5-6H,(H,7,8)(H,9,10);6-7H,1-4H3. The number of aryl methyl sites for hydroxylation is 4. The normalized spacial score (nSPS) is 11.7. The molecule has 15 nitrogen and oxygen atoms in total. The maximum absolute atomic E-state index is 12.3. The van der Waals surface area contributed by atoms with Crippen molar-refractivity contribution in [1.82, 2.24) is 28.6 Å². The van der Waals surface area contributed by atoms with Crippen molar-refractivity contribution >= 4 is 53.1 Å². The number of rotatable bonds is 11. The lowest BCUT2D eigenvalue weighted by Crippen LogP contribution is -2.39. The number of carboxylic acids is 2. The molecule has 63 heavy (non-hydrogen) atoms. The Bertz CT molecular complexity index is 2310. The van der Waals surface area contributed by atoms with Crippen molar-refractivity contribution in [1.29, 1.82) is 0 Å². The van der Waals surface area contributed by atoms with Crippen LogP contribution in [-0.2, 0) is 36.1 Å². The van der Waals surface area contributed by atoms with E-state index in [1.54, 1.807) is 38.0 Å². The van der Waals surface area contributed by atoms with Crippen molar-refractivity contribution in [3.63, 3.8) is 0 Å². The van der Waals surface area contributed by atoms with Crippen molar-refractivity contribution < 1.29 is 43.7 Å². The van der Waals surface area contributed by atoms with Gasteiger partial charge in [0.1, 0.15) is 11.3 Å². The highest BCUT2D eigenvalue weighted by atomic mass is 28.4. The number of carbonyl (C=O) groups excluding carboxylic acids is 2. The number of carbonyl (C=O) groups is 4. The molecule has 0 aliphatic carbocycles. The molecule has 0 aliphatic rings. The fourth-order valence-electron chi connectivity index (χ4n) is 6.04. The third-order valence-electron chi connectivity index (χ3n) is 9.37. The number of fused-ring (bicyclic) bond motifs is 2. The fraction of sp³-hybridized carbons (Fsp3) is 0.348. The van der Waals surface area contributed by atoms with Gasteiger partial charge in [0, 0.05) is 51.7 Å². The average molecular weight is 899 g/mol. The number of imidazole rings is 2. The number of aromatic nitrogens is 4. The minimum Gasteiger partial charge on any atom is -0.479 e. The Labute approximate surface area is 372 Å². The number of nitrogens with zero attached hydrogens (tertiary/aromatic N) is 6. The van der Waals surface area contributed by atoms with E-state index < -0.39 is 42.2 Å². The first kappa shape index (κ1) is 51.4. The molecule has 17 heteroatoms. The maximum atomic E-state index is 12.3. The van der Waals surface area contributed by atoms with Gasteiger partial charge < -0.3 is 43.1 Å². The first-order chi connectivity index (χ1) is 29.5. The van der Waals surface area contributed by atoms with Crippen LogP contribution in [0.25, 0.3) is 33.8 Å². The van der Waals surface area contributed by atoms with Crippen LogP contribution in [0.2, 0.25) is 26.2 Å². The first-order valence-corrected chi connectivity index (χ1v) is 26.0. The second-order valence-electron chi connectivity index (χ2n) is 16.1. The molecule has 4 heterocycles. The Balaban J connectivity index is 0.000000248. The number of pyridine rings is 2. The van der Waals surface area contributed by atoms with Gasteiger partial charge in [-0.15, -0.1) is 0 Å². The number of hydrogen-bond acceptors (Lipinski definition) is 9. The Kier molecular flexibility index (Phi) is 19.1. The SMILES string of the molecule is C[SiH](C)O[SiH](C)C.Cc1ccc(-c2nc3ccc(C)cn3c2CC(=O)N(C)C)cc1.Cc1ccc(-c2nc3ccc(C)cn3c2CC(=O)N(C)C)cc1.O=C(O)C(O)C(O)C(=O)O. The molecule has 0 saturated carbocycles. The molecule has 4 aromatic heterocycles. The van der Waals surface area contributed by atoms with E-state index in [1.165, 1.54) is 11.1 Å². The Morgan fingerprint density at radius 1 is 0.556 bits per heavy atom. The Morgan fingerprint density at radius 3 is 1.11 bits per heavy atom. The molecule has 2 atom stereocenters. The molecular formula is C46H62N6O9Si2. The third kappa shape index (κ3) is 15.1. The highest BCUT2D eigenvalue weighted by Gasteiger charge is 2.29. The van der Waals surface area contributed by atoms with Crippen LogP contribution < -0.4 is 0 Å². The second-order valence-corrected chi connectivity index (χ2v) is 21.4. The molecule has 0 saturated heterocycles. The molecule has 338 valence electrons. The molecule has 0 spiro atoms. The molecule has 6 aromatic rings. The largest absolute Gasteiger partial charge is 0.479 e. The number of aliphatic hydroxyl groups excluding tert-OH is 2. The smallest absolute Gasteiger partial charge is 0.335 e. The zero-order valence-corrected chi connectivity index (χ0v) is 40.6. The number of aliphatic hydroxyl groups is 2. The van der Waals surface area contributed by atoms with Gasteiger partial charge in [0.05, 0.1) is 35.6 Å². The zero-order valence-electron chi connectivity index (χ0n) is 38.3. The van der Waals surface area contributed by atoms with E-state index in [0.717, 1.165) is 56.3 Å². The van der Waals surface area contributed by atoms with E-state index in [9.17, 15) is 19.2 Å². The molecule has 0 bridgehead atoms. The molecule has 0 fully saturated rings. The second kappa shape index (κ2) is 23.5. The minimum absolute atomic E-state index is 0.0710. The summed E-state index contributed by atoms with van der Waals surface area (Å²) < 4.78 is 9.60. The van der Waals surface area contributed by atoms with Crippen LogP contribution in [0.4, 0.5) is 0 Å². The van der Waals surface area contributed by atoms with Gasteiger partial charge in [-0.25, -0.2) is 19.6 Å². The van der Waals surface area contributed by atoms with Crippen LogP contribution in [0.3, 0.4) is 0 Å². The summed E-state index contributed by atoms with van der Waals surface area (Å²) in [4.78, 5) is 56.8. The number of amides is 2. The summed E-state index contributed by atoms with van der Waals surface area (Å²) >= 11 is 0. The molecule has 2 unspecified atom stereocenters. The van der Waals surface area contributed by atoms with E-state index >= 15 is 0 Å². The minimum atomic E-state index is -2.27. The zero-order chi connectivity index (χ0) is 47.3. The van der Waals surface area contributed by atoms with Gasteiger partial charge in [-0.3, -0.25) is 9.59 Å². The summed E-state index contributed by atoms with van der Waals surface area (Å²) in [5.74, 6) is -3.40. The van der Waals surface area contributed by atoms with Crippen LogP contribution in [0.1, 0.15) is 33.6 Å². The molecular weight excluding hydrogens is 837 g/mol. The monoisotopic (exact) mass is 898 g/mol. The maximum Gasteiger partial charge on any atom is 0.335 e. The van der Waals surface area contributed by atoms with Gasteiger partial charge >= 0.3 is 11.9 Å². The van der Waals surface area contributed by atoms with E-state index in [1.807, 2.05) is 59.3 Å². The van der Waals surface area contributed by atoms with Crippen LogP contribution in [0, 0.1) is 27.7 Å². The molecule has 2 aromatic carbocycles. The molecule has 6 rings (SSSR count). The molecule has 0 radical (unpaired) electrons. The quantitative estimate of drug-likeness (QED) is 0.122. The van der Waals surface area contributed by atoms with E-state index in [2.05, 4.69) is 88.6 Å². The van der Waals surface area contributed by atoms with Crippen LogP contribution in [0.5, 0.6) is 0 Å². The van der Waals surface area contributed by atoms with Gasteiger partial charge in [0.15, 0.2) is 30.3 Å². The van der Waals surface area contributed by atoms with E-state index in [4.69, 9.17) is 34.5 Å². The summed E-state index contributed by atoms with van der Waals surface area (Å²) in [5, 5.41) is 32.5. The predicted octanol–water partition coefficient (Wildman–Crippen LogP) is 5.34.